The Kier molecular flexibility index (Phi) is 4.71. The third-order valence-corrected chi connectivity index (χ3v) is 3.74. The zero-order chi connectivity index (χ0) is 13.7. The maximum Gasteiger partial charge on any atom is 0.272 e. The topological polar surface area (TPSA) is 55.2 Å². The fraction of sp³-hybridized carbons (Fsp3) is 0.571. The molecule has 0 spiro atoms. The SMILES string of the molecule is O=[N+]([O-])c1ccc(NCCCC2CCCC2)c(F)c1. The lowest BCUT2D eigenvalue weighted by Gasteiger charge is -2.10. The number of nitro groups is 1. The minimum atomic E-state index is -0.590. The average Bonchev–Trinajstić information content (AvgIpc) is 2.89. The highest BCUT2D eigenvalue weighted by atomic mass is 19.1. The van der Waals surface area contributed by atoms with Crippen LogP contribution in [0.3, 0.4) is 0 Å². The van der Waals surface area contributed by atoms with Gasteiger partial charge in [-0.25, -0.2) is 4.39 Å². The lowest BCUT2D eigenvalue weighted by molar-refractivity contribution is -0.385. The van der Waals surface area contributed by atoms with Crippen molar-refractivity contribution in [2.24, 2.45) is 5.92 Å². The van der Waals surface area contributed by atoms with Crippen molar-refractivity contribution in [1.29, 1.82) is 0 Å². The molecule has 0 aliphatic heterocycles. The number of rotatable bonds is 6. The van der Waals surface area contributed by atoms with Crippen LogP contribution in [-0.4, -0.2) is 11.5 Å². The summed E-state index contributed by atoms with van der Waals surface area (Å²) in [4.78, 5) is 9.90. The van der Waals surface area contributed by atoms with Crippen LogP contribution in [0.2, 0.25) is 0 Å². The summed E-state index contributed by atoms with van der Waals surface area (Å²) in [5, 5.41) is 13.5. The van der Waals surface area contributed by atoms with Crippen molar-refractivity contribution in [1.82, 2.24) is 0 Å². The number of non-ortho nitro benzene ring substituents is 1. The zero-order valence-electron chi connectivity index (χ0n) is 10.9. The molecule has 1 aliphatic rings. The molecule has 0 aromatic heterocycles. The van der Waals surface area contributed by atoms with Gasteiger partial charge in [0.1, 0.15) is 0 Å². The van der Waals surface area contributed by atoms with E-state index in [4.69, 9.17) is 0 Å². The maximum atomic E-state index is 13.6. The van der Waals surface area contributed by atoms with Crippen molar-refractivity contribution < 1.29 is 9.31 Å². The zero-order valence-corrected chi connectivity index (χ0v) is 10.9. The Balaban J connectivity index is 1.77. The van der Waals surface area contributed by atoms with Gasteiger partial charge in [0.15, 0.2) is 5.82 Å². The molecule has 1 aromatic rings. The Morgan fingerprint density at radius 3 is 2.74 bits per heavy atom. The van der Waals surface area contributed by atoms with E-state index in [2.05, 4.69) is 5.32 Å². The van der Waals surface area contributed by atoms with E-state index in [0.29, 0.717) is 12.2 Å². The van der Waals surface area contributed by atoms with E-state index < -0.39 is 10.7 Å². The highest BCUT2D eigenvalue weighted by Gasteiger charge is 2.14. The Morgan fingerprint density at radius 2 is 2.11 bits per heavy atom. The highest BCUT2D eigenvalue weighted by Crippen LogP contribution is 2.28. The van der Waals surface area contributed by atoms with Crippen molar-refractivity contribution in [3.05, 3.63) is 34.1 Å². The molecule has 0 amide bonds. The summed E-state index contributed by atoms with van der Waals surface area (Å²) in [6, 6.07) is 3.71. The van der Waals surface area contributed by atoms with E-state index >= 15 is 0 Å². The van der Waals surface area contributed by atoms with Crippen LogP contribution in [0.15, 0.2) is 18.2 Å². The molecule has 4 nitrogen and oxygen atoms in total. The molecular weight excluding hydrogens is 247 g/mol. The molecule has 0 bridgehead atoms. The predicted octanol–water partition coefficient (Wildman–Crippen LogP) is 4.12. The van der Waals surface area contributed by atoms with Gasteiger partial charge in [-0.15, -0.1) is 0 Å². The summed E-state index contributed by atoms with van der Waals surface area (Å²) in [7, 11) is 0. The lowest BCUT2D eigenvalue weighted by atomic mass is 10.0. The molecule has 104 valence electrons. The Labute approximate surface area is 112 Å². The number of halogens is 1. The Morgan fingerprint density at radius 1 is 1.37 bits per heavy atom. The van der Waals surface area contributed by atoms with Gasteiger partial charge in [-0.2, -0.15) is 0 Å². The molecule has 0 unspecified atom stereocenters. The smallest absolute Gasteiger partial charge is 0.272 e. The van der Waals surface area contributed by atoms with Crippen molar-refractivity contribution in [2.45, 2.75) is 38.5 Å². The van der Waals surface area contributed by atoms with E-state index in [0.717, 1.165) is 18.4 Å². The van der Waals surface area contributed by atoms with Gasteiger partial charge in [0, 0.05) is 12.6 Å². The summed E-state index contributed by atoms with van der Waals surface area (Å²) in [5.74, 6) is 0.276. The standard InChI is InChI=1S/C14H19FN2O2/c15-13-10-12(17(18)19)7-8-14(13)16-9-3-6-11-4-1-2-5-11/h7-8,10-11,16H,1-6,9H2. The van der Waals surface area contributed by atoms with Crippen LogP contribution in [0.25, 0.3) is 0 Å². The number of nitrogens with zero attached hydrogens (tertiary/aromatic N) is 1. The van der Waals surface area contributed by atoms with Gasteiger partial charge in [0.25, 0.3) is 5.69 Å². The number of benzene rings is 1. The van der Waals surface area contributed by atoms with Crippen LogP contribution in [0.4, 0.5) is 15.8 Å². The van der Waals surface area contributed by atoms with Crippen LogP contribution >= 0.6 is 0 Å². The molecule has 1 aromatic carbocycles. The molecule has 2 rings (SSSR count). The largest absolute Gasteiger partial charge is 0.383 e. The predicted molar refractivity (Wildman–Crippen MR) is 72.7 cm³/mol. The van der Waals surface area contributed by atoms with Crippen LogP contribution in [-0.2, 0) is 0 Å². The van der Waals surface area contributed by atoms with Crippen molar-refractivity contribution >= 4 is 11.4 Å². The first-order chi connectivity index (χ1) is 9.16. The lowest BCUT2D eigenvalue weighted by Crippen LogP contribution is -2.05. The molecule has 0 radical (unpaired) electrons. The van der Waals surface area contributed by atoms with Gasteiger partial charge in [0.05, 0.1) is 16.7 Å². The molecule has 0 heterocycles. The van der Waals surface area contributed by atoms with Gasteiger partial charge >= 0.3 is 0 Å². The first-order valence-electron chi connectivity index (χ1n) is 6.84. The van der Waals surface area contributed by atoms with Gasteiger partial charge in [-0.05, 0) is 24.8 Å². The molecule has 0 saturated heterocycles. The summed E-state index contributed by atoms with van der Waals surface area (Å²) in [5.41, 5.74) is 0.131. The molecule has 1 N–H and O–H groups in total. The molecule has 1 aliphatic carbocycles. The third-order valence-electron chi connectivity index (χ3n) is 3.74. The number of hydrogen-bond donors (Lipinski definition) is 1. The molecular formula is C14H19FN2O2. The molecule has 1 fully saturated rings. The fourth-order valence-electron chi connectivity index (χ4n) is 2.67. The number of hydrogen-bond acceptors (Lipinski definition) is 3. The van der Waals surface area contributed by atoms with Crippen LogP contribution in [0.1, 0.15) is 38.5 Å². The second-order valence-electron chi connectivity index (χ2n) is 5.14. The first-order valence-corrected chi connectivity index (χ1v) is 6.84. The van der Waals surface area contributed by atoms with Gasteiger partial charge in [-0.1, -0.05) is 25.7 Å². The minimum absolute atomic E-state index is 0.214. The Hall–Kier alpha value is -1.65. The van der Waals surface area contributed by atoms with E-state index in [1.165, 1.54) is 44.2 Å². The molecule has 1 saturated carbocycles. The minimum Gasteiger partial charge on any atom is -0.383 e. The van der Waals surface area contributed by atoms with Crippen LogP contribution in [0, 0.1) is 21.8 Å². The molecule has 19 heavy (non-hydrogen) atoms. The second kappa shape index (κ2) is 6.50. The molecule has 5 heteroatoms. The highest BCUT2D eigenvalue weighted by molar-refractivity contribution is 5.49. The summed E-state index contributed by atoms with van der Waals surface area (Å²) >= 11 is 0. The summed E-state index contributed by atoms with van der Waals surface area (Å²) in [6.45, 7) is 0.714. The van der Waals surface area contributed by atoms with Crippen LogP contribution in [0.5, 0.6) is 0 Å². The Bertz CT molecular complexity index is 445. The fourth-order valence-corrected chi connectivity index (χ4v) is 2.67. The van der Waals surface area contributed by atoms with Gasteiger partial charge in [-0.3, -0.25) is 10.1 Å². The summed E-state index contributed by atoms with van der Waals surface area (Å²) < 4.78 is 13.6. The second-order valence-corrected chi connectivity index (χ2v) is 5.14. The normalized spacial score (nSPS) is 15.6. The van der Waals surface area contributed by atoms with Crippen molar-refractivity contribution in [3.63, 3.8) is 0 Å². The van der Waals surface area contributed by atoms with E-state index in [-0.39, 0.29) is 5.69 Å². The van der Waals surface area contributed by atoms with Gasteiger partial charge in [0.2, 0.25) is 0 Å². The number of anilines is 1. The van der Waals surface area contributed by atoms with Gasteiger partial charge < -0.3 is 5.32 Å². The van der Waals surface area contributed by atoms with E-state index in [1.54, 1.807) is 0 Å². The van der Waals surface area contributed by atoms with E-state index in [1.807, 2.05) is 0 Å². The monoisotopic (exact) mass is 266 g/mol. The quantitative estimate of drug-likeness (QED) is 0.479. The van der Waals surface area contributed by atoms with E-state index in [9.17, 15) is 14.5 Å². The maximum absolute atomic E-state index is 13.6. The third kappa shape index (κ3) is 3.91. The van der Waals surface area contributed by atoms with Crippen molar-refractivity contribution in [2.75, 3.05) is 11.9 Å². The molecule has 0 atom stereocenters. The average molecular weight is 266 g/mol. The number of nitrogens with one attached hydrogen (secondary N) is 1. The first kappa shape index (κ1) is 13.8. The van der Waals surface area contributed by atoms with Crippen LogP contribution < -0.4 is 5.32 Å². The number of nitro benzene ring substituents is 1. The van der Waals surface area contributed by atoms with Crippen molar-refractivity contribution in [3.8, 4) is 0 Å². The summed E-state index contributed by atoms with van der Waals surface area (Å²) in [6.07, 6.45) is 7.53.